The Morgan fingerprint density at radius 2 is 1.70 bits per heavy atom. The van der Waals surface area contributed by atoms with E-state index in [2.05, 4.69) is 5.32 Å². The van der Waals surface area contributed by atoms with E-state index in [4.69, 9.17) is 4.74 Å². The second kappa shape index (κ2) is 7.53. The van der Waals surface area contributed by atoms with Crippen LogP contribution in [0.15, 0.2) is 54.6 Å². The number of benzene rings is 2. The Labute approximate surface area is 159 Å². The third-order valence-electron chi connectivity index (χ3n) is 5.63. The number of hydrogen-bond acceptors (Lipinski definition) is 3. The topological polar surface area (TPSA) is 58.6 Å². The number of rotatable bonds is 4. The Morgan fingerprint density at radius 1 is 0.963 bits per heavy atom. The van der Waals surface area contributed by atoms with Crippen LogP contribution in [0.25, 0.3) is 0 Å². The third kappa shape index (κ3) is 3.47. The summed E-state index contributed by atoms with van der Waals surface area (Å²) in [6, 6.07) is 17.2. The highest BCUT2D eigenvalue weighted by molar-refractivity contribution is 6.01. The summed E-state index contributed by atoms with van der Waals surface area (Å²) in [6.45, 7) is 2.35. The van der Waals surface area contributed by atoms with Crippen LogP contribution in [0.1, 0.15) is 35.2 Å². The molecular weight excluding hydrogens is 340 g/mol. The lowest BCUT2D eigenvalue weighted by atomic mass is 9.64. The maximum absolute atomic E-state index is 13.1. The molecular formula is C22H24N2O3. The lowest BCUT2D eigenvalue weighted by Crippen LogP contribution is -2.46. The van der Waals surface area contributed by atoms with E-state index in [1.54, 1.807) is 17.0 Å². The molecule has 0 bridgehead atoms. The summed E-state index contributed by atoms with van der Waals surface area (Å²) in [4.78, 5) is 27.6. The molecule has 0 radical (unpaired) electrons. The number of carbonyl (C=O) groups excluding carboxylic acids is 2. The summed E-state index contributed by atoms with van der Waals surface area (Å²) in [5, 5.41) is 3.05. The minimum absolute atomic E-state index is 0.0101. The van der Waals surface area contributed by atoms with E-state index in [1.807, 2.05) is 42.5 Å². The SMILES string of the molecule is O=C(c1cccc(NC(=O)C2(c3ccccc3)CCC2)c1)N1CCOCC1. The lowest BCUT2D eigenvalue weighted by molar-refractivity contribution is -0.124. The molecule has 1 saturated carbocycles. The summed E-state index contributed by atoms with van der Waals surface area (Å²) in [5.74, 6) is -0.00765. The fraction of sp³-hybridized carbons (Fsp3) is 0.364. The molecule has 5 heteroatoms. The molecule has 140 valence electrons. The molecule has 1 N–H and O–H groups in total. The molecule has 1 aliphatic heterocycles. The molecule has 1 heterocycles. The minimum atomic E-state index is -0.453. The average Bonchev–Trinajstić information content (AvgIpc) is 2.68. The predicted molar refractivity (Wildman–Crippen MR) is 104 cm³/mol. The maximum atomic E-state index is 13.1. The van der Waals surface area contributed by atoms with Gasteiger partial charge < -0.3 is 15.0 Å². The van der Waals surface area contributed by atoms with Crippen molar-refractivity contribution in [2.45, 2.75) is 24.7 Å². The van der Waals surface area contributed by atoms with E-state index >= 15 is 0 Å². The number of morpholine rings is 1. The van der Waals surface area contributed by atoms with E-state index in [-0.39, 0.29) is 11.8 Å². The third-order valence-corrected chi connectivity index (χ3v) is 5.63. The Hall–Kier alpha value is -2.66. The molecule has 2 amide bonds. The molecule has 0 spiro atoms. The molecule has 1 saturated heterocycles. The average molecular weight is 364 g/mol. The first kappa shape index (κ1) is 17.7. The van der Waals surface area contributed by atoms with Crippen LogP contribution >= 0.6 is 0 Å². The summed E-state index contributed by atoms with van der Waals surface area (Å²) >= 11 is 0. The van der Waals surface area contributed by atoms with Gasteiger partial charge in [0.25, 0.3) is 5.91 Å². The number of ether oxygens (including phenoxy) is 1. The highest BCUT2D eigenvalue weighted by atomic mass is 16.5. The van der Waals surface area contributed by atoms with E-state index in [1.165, 1.54) is 0 Å². The van der Waals surface area contributed by atoms with Crippen LogP contribution in [0.5, 0.6) is 0 Å². The van der Waals surface area contributed by atoms with Gasteiger partial charge in [-0.2, -0.15) is 0 Å². The molecule has 0 atom stereocenters. The number of nitrogens with one attached hydrogen (secondary N) is 1. The maximum Gasteiger partial charge on any atom is 0.254 e. The fourth-order valence-corrected chi connectivity index (χ4v) is 3.86. The van der Waals surface area contributed by atoms with Crippen molar-refractivity contribution in [3.63, 3.8) is 0 Å². The Bertz CT molecular complexity index is 824. The van der Waals surface area contributed by atoms with Crippen LogP contribution in [-0.4, -0.2) is 43.0 Å². The van der Waals surface area contributed by atoms with Gasteiger partial charge in [0.05, 0.1) is 18.6 Å². The van der Waals surface area contributed by atoms with Gasteiger partial charge >= 0.3 is 0 Å². The van der Waals surface area contributed by atoms with Crippen LogP contribution in [0.3, 0.4) is 0 Å². The van der Waals surface area contributed by atoms with Gasteiger partial charge in [-0.15, -0.1) is 0 Å². The second-order valence-corrected chi connectivity index (χ2v) is 7.24. The molecule has 2 fully saturated rings. The molecule has 2 aromatic carbocycles. The first-order valence-electron chi connectivity index (χ1n) is 9.53. The Balaban J connectivity index is 1.51. The van der Waals surface area contributed by atoms with Crippen molar-refractivity contribution < 1.29 is 14.3 Å². The second-order valence-electron chi connectivity index (χ2n) is 7.24. The molecule has 2 aliphatic rings. The normalized spacial score (nSPS) is 18.4. The zero-order valence-electron chi connectivity index (χ0n) is 15.3. The highest BCUT2D eigenvalue weighted by Crippen LogP contribution is 2.44. The van der Waals surface area contributed by atoms with Crippen LogP contribution < -0.4 is 5.32 Å². The molecule has 0 unspecified atom stereocenters. The first-order valence-corrected chi connectivity index (χ1v) is 9.53. The molecule has 4 rings (SSSR count). The van der Waals surface area contributed by atoms with Gasteiger partial charge in [0.15, 0.2) is 0 Å². The highest BCUT2D eigenvalue weighted by Gasteiger charge is 2.45. The van der Waals surface area contributed by atoms with E-state index in [0.717, 1.165) is 24.8 Å². The smallest absolute Gasteiger partial charge is 0.254 e. The van der Waals surface area contributed by atoms with Crippen molar-refractivity contribution in [3.05, 3.63) is 65.7 Å². The van der Waals surface area contributed by atoms with Gasteiger partial charge in [-0.3, -0.25) is 9.59 Å². The lowest BCUT2D eigenvalue weighted by Gasteiger charge is -2.40. The van der Waals surface area contributed by atoms with Crippen LogP contribution in [-0.2, 0) is 14.9 Å². The summed E-state index contributed by atoms with van der Waals surface area (Å²) < 4.78 is 5.31. The number of anilines is 1. The van der Waals surface area contributed by atoms with Gasteiger partial charge in [-0.25, -0.2) is 0 Å². The van der Waals surface area contributed by atoms with E-state index < -0.39 is 5.41 Å². The van der Waals surface area contributed by atoms with Gasteiger partial charge in [-0.1, -0.05) is 42.8 Å². The standard InChI is InChI=1S/C22H24N2O3/c25-20(24-12-14-27-15-13-24)17-6-4-9-19(16-17)23-21(26)22(10-5-11-22)18-7-2-1-3-8-18/h1-4,6-9,16H,5,10-15H2,(H,23,26). The van der Waals surface area contributed by atoms with Crippen molar-refractivity contribution in [2.24, 2.45) is 0 Å². The molecule has 2 aromatic rings. The Morgan fingerprint density at radius 3 is 2.37 bits per heavy atom. The van der Waals surface area contributed by atoms with Crippen LogP contribution in [0.4, 0.5) is 5.69 Å². The quantitative estimate of drug-likeness (QED) is 0.906. The van der Waals surface area contributed by atoms with Gasteiger partial charge in [-0.05, 0) is 36.6 Å². The van der Waals surface area contributed by atoms with Crippen LogP contribution in [0, 0.1) is 0 Å². The number of amides is 2. The van der Waals surface area contributed by atoms with E-state index in [0.29, 0.717) is 37.6 Å². The monoisotopic (exact) mass is 364 g/mol. The molecule has 27 heavy (non-hydrogen) atoms. The molecule has 0 aromatic heterocycles. The van der Waals surface area contributed by atoms with Crippen molar-refractivity contribution in [3.8, 4) is 0 Å². The minimum Gasteiger partial charge on any atom is -0.378 e. The zero-order chi connectivity index (χ0) is 18.7. The number of nitrogens with zero attached hydrogens (tertiary/aromatic N) is 1. The molecule has 1 aliphatic carbocycles. The van der Waals surface area contributed by atoms with Crippen molar-refractivity contribution >= 4 is 17.5 Å². The number of carbonyl (C=O) groups is 2. The fourth-order valence-electron chi connectivity index (χ4n) is 3.86. The van der Waals surface area contributed by atoms with Gasteiger partial charge in [0, 0.05) is 24.3 Å². The molecule has 5 nitrogen and oxygen atoms in total. The van der Waals surface area contributed by atoms with Crippen molar-refractivity contribution in [1.82, 2.24) is 4.90 Å². The van der Waals surface area contributed by atoms with E-state index in [9.17, 15) is 9.59 Å². The summed E-state index contributed by atoms with van der Waals surface area (Å²) in [6.07, 6.45) is 2.77. The number of hydrogen-bond donors (Lipinski definition) is 1. The van der Waals surface area contributed by atoms with Gasteiger partial charge in [0.1, 0.15) is 0 Å². The van der Waals surface area contributed by atoms with Crippen molar-refractivity contribution in [1.29, 1.82) is 0 Å². The Kier molecular flexibility index (Phi) is 4.94. The van der Waals surface area contributed by atoms with Crippen LogP contribution in [0.2, 0.25) is 0 Å². The van der Waals surface area contributed by atoms with Crippen molar-refractivity contribution in [2.75, 3.05) is 31.6 Å². The predicted octanol–water partition coefficient (Wildman–Crippen LogP) is 3.22. The summed E-state index contributed by atoms with van der Waals surface area (Å²) in [5.41, 5.74) is 1.87. The zero-order valence-corrected chi connectivity index (χ0v) is 15.3. The largest absolute Gasteiger partial charge is 0.378 e. The first-order chi connectivity index (χ1) is 13.2. The van der Waals surface area contributed by atoms with Gasteiger partial charge in [0.2, 0.25) is 5.91 Å². The summed E-state index contributed by atoms with van der Waals surface area (Å²) in [7, 11) is 0.